The molecule has 0 aliphatic heterocycles. The standard InChI is InChI=1S/C7H3F6NO/c8-6(9,10)3-1-4(15)5(14-2-3)7(11,12)13/h1-2,15H. The van der Waals surface area contributed by atoms with E-state index in [0.717, 1.165) is 0 Å². The van der Waals surface area contributed by atoms with Gasteiger partial charge < -0.3 is 5.11 Å². The van der Waals surface area contributed by atoms with Gasteiger partial charge in [0.1, 0.15) is 5.75 Å². The molecule has 0 aromatic carbocycles. The van der Waals surface area contributed by atoms with Crippen molar-refractivity contribution in [2.45, 2.75) is 12.4 Å². The van der Waals surface area contributed by atoms with E-state index in [1.54, 1.807) is 0 Å². The summed E-state index contributed by atoms with van der Waals surface area (Å²) in [4.78, 5) is 2.52. The Hall–Kier alpha value is -1.47. The van der Waals surface area contributed by atoms with Gasteiger partial charge in [0.2, 0.25) is 0 Å². The fourth-order valence-corrected chi connectivity index (χ4v) is 0.827. The summed E-state index contributed by atoms with van der Waals surface area (Å²) in [7, 11) is 0. The zero-order valence-electron chi connectivity index (χ0n) is 6.82. The molecule has 0 spiro atoms. The molecule has 0 radical (unpaired) electrons. The minimum Gasteiger partial charge on any atom is -0.506 e. The molecule has 8 heteroatoms. The summed E-state index contributed by atoms with van der Waals surface area (Å²) in [6.45, 7) is 0. The second kappa shape index (κ2) is 3.28. The third kappa shape index (κ3) is 2.51. The normalized spacial score (nSPS) is 12.9. The maximum Gasteiger partial charge on any atom is 0.437 e. The molecule has 0 amide bonds. The Labute approximate surface area is 79.2 Å². The Kier molecular flexibility index (Phi) is 2.54. The molecule has 0 unspecified atom stereocenters. The largest absolute Gasteiger partial charge is 0.506 e. The van der Waals surface area contributed by atoms with Crippen molar-refractivity contribution < 1.29 is 31.4 Å². The van der Waals surface area contributed by atoms with E-state index in [4.69, 9.17) is 5.11 Å². The molecular weight excluding hydrogens is 228 g/mol. The zero-order chi connectivity index (χ0) is 11.9. The highest BCUT2D eigenvalue weighted by molar-refractivity contribution is 5.33. The third-order valence-corrected chi connectivity index (χ3v) is 1.46. The average Bonchev–Trinajstić information content (AvgIpc) is 1.99. The van der Waals surface area contributed by atoms with Gasteiger partial charge in [0.15, 0.2) is 5.69 Å². The Balaban J connectivity index is 3.21. The predicted octanol–water partition coefficient (Wildman–Crippen LogP) is 2.82. The van der Waals surface area contributed by atoms with Crippen LogP contribution in [0.15, 0.2) is 12.3 Å². The maximum atomic E-state index is 12.0. The van der Waals surface area contributed by atoms with Crippen molar-refractivity contribution >= 4 is 0 Å². The lowest BCUT2D eigenvalue weighted by Crippen LogP contribution is -2.11. The highest BCUT2D eigenvalue weighted by Crippen LogP contribution is 2.37. The van der Waals surface area contributed by atoms with Crippen molar-refractivity contribution in [3.63, 3.8) is 0 Å². The van der Waals surface area contributed by atoms with E-state index in [1.807, 2.05) is 0 Å². The smallest absolute Gasteiger partial charge is 0.437 e. The topological polar surface area (TPSA) is 33.1 Å². The summed E-state index contributed by atoms with van der Waals surface area (Å²) in [5.41, 5.74) is -3.18. The summed E-state index contributed by atoms with van der Waals surface area (Å²) >= 11 is 0. The van der Waals surface area contributed by atoms with E-state index < -0.39 is 29.4 Å². The van der Waals surface area contributed by atoms with E-state index in [0.29, 0.717) is 0 Å². The van der Waals surface area contributed by atoms with Gasteiger partial charge in [0.25, 0.3) is 0 Å². The molecule has 1 N–H and O–H groups in total. The van der Waals surface area contributed by atoms with Crippen LogP contribution in [-0.2, 0) is 12.4 Å². The molecule has 1 aromatic rings. The van der Waals surface area contributed by atoms with E-state index in [9.17, 15) is 26.3 Å². The molecule has 1 rings (SSSR count). The second-order valence-electron chi connectivity index (χ2n) is 2.59. The van der Waals surface area contributed by atoms with Gasteiger partial charge in [-0.1, -0.05) is 0 Å². The van der Waals surface area contributed by atoms with Crippen LogP contribution in [0, 0.1) is 0 Å². The van der Waals surface area contributed by atoms with Crippen LogP contribution in [0.5, 0.6) is 5.75 Å². The average molecular weight is 231 g/mol. The monoisotopic (exact) mass is 231 g/mol. The lowest BCUT2D eigenvalue weighted by Gasteiger charge is -2.10. The summed E-state index contributed by atoms with van der Waals surface area (Å²) in [6.07, 6.45) is -9.80. The van der Waals surface area contributed by atoms with Gasteiger partial charge in [0, 0.05) is 6.20 Å². The minimum absolute atomic E-state index is 0.0164. The molecule has 0 aliphatic rings. The van der Waals surface area contributed by atoms with Gasteiger partial charge in [-0.25, -0.2) is 4.98 Å². The van der Waals surface area contributed by atoms with E-state index in [2.05, 4.69) is 4.98 Å². The molecule has 2 nitrogen and oxygen atoms in total. The number of hydrogen-bond donors (Lipinski definition) is 1. The van der Waals surface area contributed by atoms with Crippen LogP contribution < -0.4 is 0 Å². The molecule has 0 atom stereocenters. The number of aromatic nitrogens is 1. The summed E-state index contributed by atoms with van der Waals surface area (Å²) in [5.74, 6) is -1.54. The maximum absolute atomic E-state index is 12.0. The molecular formula is C7H3F6NO. The van der Waals surface area contributed by atoms with Gasteiger partial charge in [-0.05, 0) is 6.07 Å². The van der Waals surface area contributed by atoms with Crippen LogP contribution in [0.3, 0.4) is 0 Å². The highest BCUT2D eigenvalue weighted by Gasteiger charge is 2.38. The SMILES string of the molecule is Oc1cc(C(F)(F)F)cnc1C(F)(F)F. The number of pyridine rings is 1. The summed E-state index contributed by atoms with van der Waals surface area (Å²) in [5, 5.41) is 8.71. The van der Waals surface area contributed by atoms with Crippen molar-refractivity contribution in [3.05, 3.63) is 23.5 Å². The predicted molar refractivity (Wildman–Crippen MR) is 35.9 cm³/mol. The van der Waals surface area contributed by atoms with Gasteiger partial charge in [0.05, 0.1) is 5.56 Å². The van der Waals surface area contributed by atoms with Crippen LogP contribution in [0.2, 0.25) is 0 Å². The first-order valence-corrected chi connectivity index (χ1v) is 3.46. The van der Waals surface area contributed by atoms with Crippen molar-refractivity contribution in [3.8, 4) is 5.75 Å². The molecule has 84 valence electrons. The molecule has 15 heavy (non-hydrogen) atoms. The van der Waals surface area contributed by atoms with Crippen LogP contribution >= 0.6 is 0 Å². The number of nitrogens with zero attached hydrogens (tertiary/aromatic N) is 1. The fourth-order valence-electron chi connectivity index (χ4n) is 0.827. The summed E-state index contributed by atoms with van der Waals surface area (Å²) in [6, 6.07) is -0.0180. The van der Waals surface area contributed by atoms with Crippen molar-refractivity contribution in [1.29, 1.82) is 0 Å². The quantitative estimate of drug-likeness (QED) is 0.696. The molecule has 0 bridgehead atoms. The number of alkyl halides is 6. The molecule has 0 aliphatic carbocycles. The first-order valence-electron chi connectivity index (χ1n) is 3.46. The Morgan fingerprint density at radius 2 is 1.53 bits per heavy atom. The van der Waals surface area contributed by atoms with Gasteiger partial charge >= 0.3 is 12.4 Å². The van der Waals surface area contributed by atoms with Crippen LogP contribution in [0.25, 0.3) is 0 Å². The minimum atomic E-state index is -4.98. The number of halogens is 6. The van der Waals surface area contributed by atoms with Crippen molar-refractivity contribution in [2.75, 3.05) is 0 Å². The highest BCUT2D eigenvalue weighted by atomic mass is 19.4. The second-order valence-corrected chi connectivity index (χ2v) is 2.59. The molecule has 0 saturated carbocycles. The lowest BCUT2D eigenvalue weighted by molar-refractivity contribution is -0.145. The first-order chi connectivity index (χ1) is 6.62. The first kappa shape index (κ1) is 11.6. The zero-order valence-corrected chi connectivity index (χ0v) is 6.82. The van der Waals surface area contributed by atoms with Crippen LogP contribution in [-0.4, -0.2) is 10.1 Å². The molecule has 1 aromatic heterocycles. The lowest BCUT2D eigenvalue weighted by atomic mass is 10.2. The Bertz CT molecular complexity index is 369. The Morgan fingerprint density at radius 1 is 1.00 bits per heavy atom. The Morgan fingerprint density at radius 3 is 1.87 bits per heavy atom. The van der Waals surface area contributed by atoms with Crippen molar-refractivity contribution in [2.24, 2.45) is 0 Å². The van der Waals surface area contributed by atoms with E-state index in [1.165, 1.54) is 0 Å². The fraction of sp³-hybridized carbons (Fsp3) is 0.286. The molecule has 0 saturated heterocycles. The van der Waals surface area contributed by atoms with E-state index in [-0.39, 0.29) is 12.3 Å². The number of hydrogen-bond acceptors (Lipinski definition) is 2. The van der Waals surface area contributed by atoms with Crippen LogP contribution in [0.4, 0.5) is 26.3 Å². The van der Waals surface area contributed by atoms with Gasteiger partial charge in [-0.3, -0.25) is 0 Å². The molecule has 1 heterocycles. The number of rotatable bonds is 0. The van der Waals surface area contributed by atoms with Crippen LogP contribution in [0.1, 0.15) is 11.3 Å². The van der Waals surface area contributed by atoms with Gasteiger partial charge in [-0.15, -0.1) is 0 Å². The molecule has 0 fully saturated rings. The third-order valence-electron chi connectivity index (χ3n) is 1.46. The summed E-state index contributed by atoms with van der Waals surface area (Å²) < 4.78 is 71.8. The van der Waals surface area contributed by atoms with Gasteiger partial charge in [-0.2, -0.15) is 26.3 Å². The number of aromatic hydroxyl groups is 1. The van der Waals surface area contributed by atoms with Crippen molar-refractivity contribution in [1.82, 2.24) is 4.98 Å². The van der Waals surface area contributed by atoms with E-state index >= 15 is 0 Å².